The van der Waals surface area contributed by atoms with Crippen LogP contribution in [0.4, 0.5) is 0 Å². The Hall–Kier alpha value is -3.36. The standard InChI is InChI=1S/C27H26ClN3O2/c1-18-13-22(17-31(18)29-3)15-25(32)12-9-20-7-10-23(11-8-20)27-19(2)33-26(30-27)16-21-5-4-6-24(28)14-21/h4-12,14,18,22H,13,15-17H2,1-2H3/b12-9+/t18-,22+/m1/s1. The van der Waals surface area contributed by atoms with Crippen molar-refractivity contribution in [1.82, 2.24) is 9.99 Å². The first-order valence-electron chi connectivity index (χ1n) is 11.1. The average molecular weight is 460 g/mol. The summed E-state index contributed by atoms with van der Waals surface area (Å²) in [7, 11) is 0. The van der Waals surface area contributed by atoms with E-state index in [0.29, 0.717) is 30.3 Å². The summed E-state index contributed by atoms with van der Waals surface area (Å²) in [5.74, 6) is 1.77. The van der Waals surface area contributed by atoms with E-state index in [-0.39, 0.29) is 17.7 Å². The molecule has 0 unspecified atom stereocenters. The lowest BCUT2D eigenvalue weighted by Gasteiger charge is -2.05. The lowest BCUT2D eigenvalue weighted by atomic mass is 9.99. The van der Waals surface area contributed by atoms with E-state index in [1.165, 1.54) is 0 Å². The number of aromatic nitrogens is 1. The van der Waals surface area contributed by atoms with Gasteiger partial charge in [0.1, 0.15) is 11.5 Å². The van der Waals surface area contributed by atoms with Gasteiger partial charge >= 0.3 is 0 Å². The van der Waals surface area contributed by atoms with Gasteiger partial charge in [-0.15, -0.1) is 5.01 Å². The third kappa shape index (κ3) is 5.71. The molecular formula is C27H26ClN3O2. The smallest absolute Gasteiger partial charge is 0.199 e. The van der Waals surface area contributed by atoms with Gasteiger partial charge in [-0.05, 0) is 55.5 Å². The zero-order chi connectivity index (χ0) is 23.4. The number of oxazole rings is 1. The number of ketones is 1. The number of benzene rings is 2. The first kappa shape index (κ1) is 22.8. The molecule has 2 atom stereocenters. The van der Waals surface area contributed by atoms with Gasteiger partial charge in [0.2, 0.25) is 0 Å². The quantitative estimate of drug-likeness (QED) is 0.302. The summed E-state index contributed by atoms with van der Waals surface area (Å²) in [6, 6.07) is 15.8. The fraction of sp³-hybridized carbons (Fsp3) is 0.296. The number of hydrogen-bond donors (Lipinski definition) is 0. The normalized spacial score (nSPS) is 18.1. The van der Waals surface area contributed by atoms with E-state index >= 15 is 0 Å². The summed E-state index contributed by atoms with van der Waals surface area (Å²) in [5, 5.41) is 2.44. The van der Waals surface area contributed by atoms with Crippen molar-refractivity contribution in [3.63, 3.8) is 0 Å². The summed E-state index contributed by atoms with van der Waals surface area (Å²) in [6.45, 7) is 11.8. The second kappa shape index (κ2) is 10.1. The molecule has 0 amide bonds. The van der Waals surface area contributed by atoms with Gasteiger partial charge in [-0.1, -0.05) is 54.1 Å². The van der Waals surface area contributed by atoms with E-state index in [4.69, 9.17) is 22.6 Å². The molecule has 0 aliphatic carbocycles. The molecule has 33 heavy (non-hydrogen) atoms. The zero-order valence-electron chi connectivity index (χ0n) is 18.8. The molecule has 168 valence electrons. The monoisotopic (exact) mass is 459 g/mol. The van der Waals surface area contributed by atoms with E-state index in [1.54, 1.807) is 11.1 Å². The zero-order valence-corrected chi connectivity index (χ0v) is 19.5. The Morgan fingerprint density at radius 1 is 1.30 bits per heavy atom. The van der Waals surface area contributed by atoms with Crippen LogP contribution in [0.5, 0.6) is 0 Å². The molecule has 4 rings (SSSR count). The molecule has 3 aromatic rings. The van der Waals surface area contributed by atoms with E-state index in [0.717, 1.165) is 34.6 Å². The molecule has 2 heterocycles. The maximum atomic E-state index is 12.4. The van der Waals surface area contributed by atoms with Crippen LogP contribution in [0.2, 0.25) is 5.02 Å². The highest BCUT2D eigenvalue weighted by Gasteiger charge is 2.33. The van der Waals surface area contributed by atoms with Crippen molar-refractivity contribution >= 4 is 23.5 Å². The lowest BCUT2D eigenvalue weighted by Crippen LogP contribution is -2.18. The molecule has 0 bridgehead atoms. The average Bonchev–Trinajstić information content (AvgIpc) is 3.33. The molecule has 2 aromatic carbocycles. The van der Waals surface area contributed by atoms with Crippen LogP contribution in [0, 0.1) is 19.4 Å². The van der Waals surface area contributed by atoms with Gasteiger partial charge < -0.3 is 4.42 Å². The molecule has 1 fully saturated rings. The summed E-state index contributed by atoms with van der Waals surface area (Å²) in [5.41, 5.74) is 3.79. The SMILES string of the molecule is [C-]#[N+]N1C[C@H](CC(=O)/C=C/c2ccc(-c3nc(Cc4cccc(Cl)c4)oc3C)cc2)C[C@H]1C. The van der Waals surface area contributed by atoms with Crippen molar-refractivity contribution in [2.45, 2.75) is 39.2 Å². The fourth-order valence-corrected chi connectivity index (χ4v) is 4.53. The van der Waals surface area contributed by atoms with Crippen LogP contribution >= 0.6 is 11.6 Å². The molecular weight excluding hydrogens is 434 g/mol. The van der Waals surface area contributed by atoms with Gasteiger partial charge in [-0.2, -0.15) is 11.5 Å². The minimum atomic E-state index is 0.0983. The number of allylic oxidation sites excluding steroid dienone is 1. The van der Waals surface area contributed by atoms with Crippen LogP contribution in [0.3, 0.4) is 0 Å². The van der Waals surface area contributed by atoms with Gasteiger partial charge in [0, 0.05) is 23.4 Å². The van der Waals surface area contributed by atoms with Gasteiger partial charge in [0.05, 0.1) is 12.6 Å². The van der Waals surface area contributed by atoms with Gasteiger partial charge in [0.25, 0.3) is 0 Å². The molecule has 1 aliphatic rings. The van der Waals surface area contributed by atoms with Gasteiger partial charge in [0.15, 0.2) is 11.7 Å². The highest BCUT2D eigenvalue weighted by atomic mass is 35.5. The number of carbonyl (C=O) groups excluding carboxylic acids is 1. The molecule has 0 spiro atoms. The lowest BCUT2D eigenvalue weighted by molar-refractivity contribution is -0.115. The number of hydrogen-bond acceptors (Lipinski definition) is 4. The molecule has 5 nitrogen and oxygen atoms in total. The van der Waals surface area contributed by atoms with Crippen molar-refractivity contribution in [3.8, 4) is 11.3 Å². The predicted octanol–water partition coefficient (Wildman–Crippen LogP) is 6.41. The molecule has 0 radical (unpaired) electrons. The maximum Gasteiger partial charge on any atom is 0.199 e. The Morgan fingerprint density at radius 3 is 2.79 bits per heavy atom. The summed E-state index contributed by atoms with van der Waals surface area (Å²) in [4.78, 5) is 20.6. The van der Waals surface area contributed by atoms with E-state index < -0.39 is 0 Å². The van der Waals surface area contributed by atoms with Crippen LogP contribution in [0.25, 0.3) is 22.3 Å². The third-order valence-electron chi connectivity index (χ3n) is 5.98. The fourth-order valence-electron chi connectivity index (χ4n) is 4.32. The maximum absolute atomic E-state index is 12.4. The molecule has 0 saturated carbocycles. The predicted molar refractivity (Wildman–Crippen MR) is 130 cm³/mol. The topological polar surface area (TPSA) is 50.7 Å². The number of nitrogens with zero attached hydrogens (tertiary/aromatic N) is 3. The molecule has 6 heteroatoms. The van der Waals surface area contributed by atoms with Crippen molar-refractivity contribution in [1.29, 1.82) is 0 Å². The Bertz CT molecular complexity index is 1210. The Labute approximate surface area is 199 Å². The summed E-state index contributed by atoms with van der Waals surface area (Å²) < 4.78 is 5.87. The molecule has 1 saturated heterocycles. The summed E-state index contributed by atoms with van der Waals surface area (Å²) in [6.07, 6.45) is 5.45. The molecule has 1 aliphatic heterocycles. The number of rotatable bonds is 7. The minimum Gasteiger partial charge on any atom is -0.445 e. The second-order valence-corrected chi connectivity index (χ2v) is 9.05. The molecule has 1 aromatic heterocycles. The largest absolute Gasteiger partial charge is 0.445 e. The van der Waals surface area contributed by atoms with Gasteiger partial charge in [-0.25, -0.2) is 4.98 Å². The number of carbonyl (C=O) groups is 1. The van der Waals surface area contributed by atoms with Crippen LogP contribution < -0.4 is 0 Å². The Morgan fingerprint density at radius 2 is 2.09 bits per heavy atom. The van der Waals surface area contributed by atoms with E-state index in [2.05, 4.69) is 9.94 Å². The van der Waals surface area contributed by atoms with Crippen LogP contribution in [0.15, 0.2) is 59.0 Å². The second-order valence-electron chi connectivity index (χ2n) is 8.62. The van der Waals surface area contributed by atoms with Crippen LogP contribution in [-0.4, -0.2) is 28.4 Å². The first-order valence-corrected chi connectivity index (χ1v) is 11.4. The van der Waals surface area contributed by atoms with Gasteiger partial charge in [-0.3, -0.25) is 4.79 Å². The van der Waals surface area contributed by atoms with Crippen molar-refractivity contribution in [3.05, 3.63) is 93.9 Å². The van der Waals surface area contributed by atoms with E-state index in [1.807, 2.05) is 68.5 Å². The third-order valence-corrected chi connectivity index (χ3v) is 6.21. The Kier molecular flexibility index (Phi) is 6.96. The van der Waals surface area contributed by atoms with Crippen molar-refractivity contribution in [2.24, 2.45) is 5.92 Å². The van der Waals surface area contributed by atoms with Crippen LogP contribution in [0.1, 0.15) is 42.5 Å². The molecule has 0 N–H and O–H groups in total. The minimum absolute atomic E-state index is 0.0983. The highest BCUT2D eigenvalue weighted by Crippen LogP contribution is 2.27. The number of aryl methyl sites for hydroxylation is 1. The van der Waals surface area contributed by atoms with E-state index in [9.17, 15) is 4.79 Å². The highest BCUT2D eigenvalue weighted by molar-refractivity contribution is 6.30. The Balaban J connectivity index is 1.38. The number of halogens is 1. The van der Waals surface area contributed by atoms with Crippen molar-refractivity contribution < 1.29 is 9.21 Å². The first-order chi connectivity index (χ1) is 15.9. The van der Waals surface area contributed by atoms with Crippen molar-refractivity contribution in [2.75, 3.05) is 6.54 Å². The van der Waals surface area contributed by atoms with Crippen LogP contribution in [-0.2, 0) is 11.2 Å². The summed E-state index contributed by atoms with van der Waals surface area (Å²) >= 11 is 6.07.